The molecule has 0 aliphatic carbocycles. The quantitative estimate of drug-likeness (QED) is 0.803. The van der Waals surface area contributed by atoms with Crippen molar-refractivity contribution in [2.75, 3.05) is 6.54 Å². The van der Waals surface area contributed by atoms with Crippen LogP contribution in [-0.4, -0.2) is 26.0 Å². The van der Waals surface area contributed by atoms with E-state index in [0.717, 1.165) is 0 Å². The van der Waals surface area contributed by atoms with Crippen molar-refractivity contribution in [3.05, 3.63) is 28.8 Å². The van der Waals surface area contributed by atoms with Crippen LogP contribution in [0.3, 0.4) is 0 Å². The minimum atomic E-state index is -3.78. The number of halogens is 1. The van der Waals surface area contributed by atoms with Gasteiger partial charge in [0.05, 0.1) is 10.8 Å². The number of rotatable bonds is 7. The minimum absolute atomic E-state index is 0.0729. The summed E-state index contributed by atoms with van der Waals surface area (Å²) in [5.74, 6) is -1.59. The third-order valence-electron chi connectivity index (χ3n) is 3.13. The van der Waals surface area contributed by atoms with Gasteiger partial charge in [0.2, 0.25) is 10.0 Å². The largest absolute Gasteiger partial charge is 0.481 e. The molecule has 0 bridgehead atoms. The number of carbonyl (C=O) groups is 1. The Hall–Kier alpha value is -1.11. The van der Waals surface area contributed by atoms with Gasteiger partial charge in [0.25, 0.3) is 0 Å². The van der Waals surface area contributed by atoms with Crippen LogP contribution in [-0.2, 0) is 14.8 Å². The number of hydrogen-bond donors (Lipinski definition) is 2. The third kappa shape index (κ3) is 4.98. The minimum Gasteiger partial charge on any atom is -0.481 e. The Morgan fingerprint density at radius 2 is 2.00 bits per heavy atom. The van der Waals surface area contributed by atoms with Gasteiger partial charge in [0, 0.05) is 11.6 Å². The zero-order chi connectivity index (χ0) is 16.2. The number of sulfonamides is 1. The lowest BCUT2D eigenvalue weighted by Gasteiger charge is -2.16. The lowest BCUT2D eigenvalue weighted by Crippen LogP contribution is -2.34. The Morgan fingerprint density at radius 3 is 2.52 bits per heavy atom. The fourth-order valence-corrected chi connectivity index (χ4v) is 3.58. The fraction of sp³-hybridized carbons (Fsp3) is 0.500. The van der Waals surface area contributed by atoms with E-state index in [0.29, 0.717) is 17.0 Å². The number of carboxylic acids is 1. The topological polar surface area (TPSA) is 83.5 Å². The number of benzene rings is 1. The molecule has 0 spiro atoms. The smallest absolute Gasteiger partial charge is 0.307 e. The van der Waals surface area contributed by atoms with Crippen LogP contribution in [0.5, 0.6) is 0 Å². The van der Waals surface area contributed by atoms with Gasteiger partial charge in [0.1, 0.15) is 0 Å². The molecular weight excluding hydrogens is 314 g/mol. The highest BCUT2D eigenvalue weighted by Crippen LogP contribution is 2.23. The van der Waals surface area contributed by atoms with Crippen molar-refractivity contribution in [3.63, 3.8) is 0 Å². The standard InChI is InChI=1S/C14H20ClNO4S/c1-9(2)7-11(14(17)18)8-16-21(19,20)13-6-4-5-12(15)10(13)3/h4-6,9,11,16H,7-8H2,1-3H3,(H,17,18). The predicted octanol–water partition coefficient (Wildman–Crippen LogP) is 2.67. The highest BCUT2D eigenvalue weighted by Gasteiger charge is 2.24. The average Bonchev–Trinajstić information content (AvgIpc) is 2.36. The van der Waals surface area contributed by atoms with Gasteiger partial charge < -0.3 is 5.11 Å². The lowest BCUT2D eigenvalue weighted by atomic mass is 9.98. The summed E-state index contributed by atoms with van der Waals surface area (Å²) in [5, 5.41) is 9.49. The first-order valence-electron chi connectivity index (χ1n) is 6.62. The Bertz CT molecular complexity index is 613. The average molecular weight is 334 g/mol. The number of carboxylic acid groups (broad SMARTS) is 1. The van der Waals surface area contributed by atoms with Crippen molar-refractivity contribution >= 4 is 27.6 Å². The molecule has 0 saturated carbocycles. The first-order valence-corrected chi connectivity index (χ1v) is 8.49. The Labute approximate surface area is 130 Å². The van der Waals surface area contributed by atoms with Crippen LogP contribution < -0.4 is 4.72 Å². The highest BCUT2D eigenvalue weighted by molar-refractivity contribution is 7.89. The second-order valence-electron chi connectivity index (χ2n) is 5.38. The van der Waals surface area contributed by atoms with Gasteiger partial charge in [-0.25, -0.2) is 13.1 Å². The maximum atomic E-state index is 12.3. The van der Waals surface area contributed by atoms with Crippen molar-refractivity contribution in [3.8, 4) is 0 Å². The van der Waals surface area contributed by atoms with Crippen molar-refractivity contribution in [1.82, 2.24) is 4.72 Å². The molecule has 7 heteroatoms. The molecular formula is C14H20ClNO4S. The molecule has 1 aromatic rings. The van der Waals surface area contributed by atoms with Crippen LogP contribution in [0.15, 0.2) is 23.1 Å². The summed E-state index contributed by atoms with van der Waals surface area (Å²) in [7, 11) is -3.78. The van der Waals surface area contributed by atoms with Gasteiger partial charge >= 0.3 is 5.97 Å². The van der Waals surface area contributed by atoms with Crippen molar-refractivity contribution in [2.45, 2.75) is 32.1 Å². The van der Waals surface area contributed by atoms with E-state index in [1.807, 2.05) is 13.8 Å². The van der Waals surface area contributed by atoms with E-state index >= 15 is 0 Å². The SMILES string of the molecule is Cc1c(Cl)cccc1S(=O)(=O)NCC(CC(C)C)C(=O)O. The summed E-state index contributed by atoms with van der Waals surface area (Å²) < 4.78 is 26.9. The first-order chi connectivity index (χ1) is 9.65. The van der Waals surface area contributed by atoms with Crippen molar-refractivity contribution < 1.29 is 18.3 Å². The maximum absolute atomic E-state index is 12.3. The number of nitrogens with one attached hydrogen (secondary N) is 1. The van der Waals surface area contributed by atoms with Gasteiger partial charge in [-0.05, 0) is 37.0 Å². The van der Waals surface area contributed by atoms with Gasteiger partial charge in [-0.15, -0.1) is 0 Å². The molecule has 0 aliphatic heterocycles. The van der Waals surface area contributed by atoms with Gasteiger partial charge in [0.15, 0.2) is 0 Å². The van der Waals surface area contributed by atoms with Crippen molar-refractivity contribution in [1.29, 1.82) is 0 Å². The fourth-order valence-electron chi connectivity index (χ4n) is 2.01. The molecule has 1 atom stereocenters. The van der Waals surface area contributed by atoms with Crippen LogP contribution in [0.2, 0.25) is 5.02 Å². The zero-order valence-corrected chi connectivity index (χ0v) is 13.8. The molecule has 118 valence electrons. The van der Waals surface area contributed by atoms with E-state index in [2.05, 4.69) is 4.72 Å². The van der Waals surface area contributed by atoms with Crippen LogP contribution in [0.1, 0.15) is 25.8 Å². The third-order valence-corrected chi connectivity index (χ3v) is 5.11. The van der Waals surface area contributed by atoms with E-state index < -0.39 is 21.9 Å². The second kappa shape index (κ2) is 7.24. The molecule has 1 unspecified atom stereocenters. The van der Waals surface area contributed by atoms with Gasteiger partial charge in [-0.3, -0.25) is 4.79 Å². The molecule has 0 radical (unpaired) electrons. The van der Waals surface area contributed by atoms with E-state index in [1.165, 1.54) is 6.07 Å². The molecule has 0 aliphatic rings. The molecule has 1 aromatic carbocycles. The molecule has 0 fully saturated rings. The van der Waals surface area contributed by atoms with Crippen LogP contribution in [0, 0.1) is 18.8 Å². The Morgan fingerprint density at radius 1 is 1.38 bits per heavy atom. The van der Waals surface area contributed by atoms with E-state index in [1.54, 1.807) is 19.1 Å². The Balaban J connectivity index is 2.90. The first kappa shape index (κ1) is 17.9. The summed E-state index contributed by atoms with van der Waals surface area (Å²) in [4.78, 5) is 11.2. The molecule has 0 saturated heterocycles. The number of hydrogen-bond acceptors (Lipinski definition) is 3. The molecule has 0 amide bonds. The normalized spacial score (nSPS) is 13.4. The molecule has 1 rings (SSSR count). The number of aliphatic carboxylic acids is 1. The van der Waals surface area contributed by atoms with E-state index in [-0.39, 0.29) is 17.4 Å². The maximum Gasteiger partial charge on any atom is 0.307 e. The predicted molar refractivity (Wildman–Crippen MR) is 82.0 cm³/mol. The molecule has 2 N–H and O–H groups in total. The monoisotopic (exact) mass is 333 g/mol. The van der Waals surface area contributed by atoms with Crippen LogP contribution >= 0.6 is 11.6 Å². The summed E-state index contributed by atoms with van der Waals surface area (Å²) in [6.07, 6.45) is 0.409. The molecule has 0 aromatic heterocycles. The van der Waals surface area contributed by atoms with Crippen molar-refractivity contribution in [2.24, 2.45) is 11.8 Å². The van der Waals surface area contributed by atoms with Crippen LogP contribution in [0.4, 0.5) is 0 Å². The molecule has 0 heterocycles. The Kier molecular flexibility index (Phi) is 6.19. The van der Waals surface area contributed by atoms with Gasteiger partial charge in [-0.1, -0.05) is 31.5 Å². The molecule has 5 nitrogen and oxygen atoms in total. The molecule has 21 heavy (non-hydrogen) atoms. The summed E-state index contributed by atoms with van der Waals surface area (Å²) in [6, 6.07) is 4.60. The highest BCUT2D eigenvalue weighted by atomic mass is 35.5. The van der Waals surface area contributed by atoms with Gasteiger partial charge in [-0.2, -0.15) is 0 Å². The lowest BCUT2D eigenvalue weighted by molar-refractivity contribution is -0.142. The summed E-state index contributed by atoms with van der Waals surface area (Å²) in [6.45, 7) is 5.26. The summed E-state index contributed by atoms with van der Waals surface area (Å²) >= 11 is 5.92. The second-order valence-corrected chi connectivity index (χ2v) is 7.52. The summed E-state index contributed by atoms with van der Waals surface area (Å²) in [5.41, 5.74) is 0.447. The zero-order valence-electron chi connectivity index (χ0n) is 12.3. The van der Waals surface area contributed by atoms with E-state index in [9.17, 15) is 13.2 Å². The van der Waals surface area contributed by atoms with Crippen LogP contribution in [0.25, 0.3) is 0 Å². The van der Waals surface area contributed by atoms with E-state index in [4.69, 9.17) is 16.7 Å².